The van der Waals surface area contributed by atoms with Gasteiger partial charge in [-0.25, -0.2) is 16.8 Å². The lowest BCUT2D eigenvalue weighted by molar-refractivity contribution is 0.307. The topological polar surface area (TPSA) is 71.5 Å². The Morgan fingerprint density at radius 3 is 2.45 bits per heavy atom. The average Bonchev–Trinajstić information content (AvgIpc) is 2.76. The standard InChI is InChI=1S/C14H20BrNO4S2/c1-11(2)9-16(12-7-8-21(17,18)10-12)22(19,20)14-6-4-3-5-13(14)15/h3-6,11-12H,7-10H2,1-2H3/t12-/m0/s1. The third-order valence-electron chi connectivity index (χ3n) is 3.58. The highest BCUT2D eigenvalue weighted by atomic mass is 79.9. The number of halogens is 1. The zero-order chi connectivity index (χ0) is 16.5. The molecule has 1 saturated heterocycles. The summed E-state index contributed by atoms with van der Waals surface area (Å²) >= 11 is 3.27. The molecular weight excluding hydrogens is 390 g/mol. The molecule has 0 N–H and O–H groups in total. The molecule has 1 fully saturated rings. The van der Waals surface area contributed by atoms with Crippen LogP contribution in [0.5, 0.6) is 0 Å². The van der Waals surface area contributed by atoms with Crippen LogP contribution in [0, 0.1) is 5.92 Å². The van der Waals surface area contributed by atoms with E-state index in [2.05, 4.69) is 15.9 Å². The van der Waals surface area contributed by atoms with Gasteiger partial charge in [0.1, 0.15) is 0 Å². The molecule has 0 amide bonds. The maximum atomic E-state index is 13.0. The Bertz CT molecular complexity index is 744. The van der Waals surface area contributed by atoms with Gasteiger partial charge in [-0.3, -0.25) is 0 Å². The maximum absolute atomic E-state index is 13.0. The maximum Gasteiger partial charge on any atom is 0.244 e. The van der Waals surface area contributed by atoms with Crippen molar-refractivity contribution in [3.63, 3.8) is 0 Å². The van der Waals surface area contributed by atoms with E-state index in [1.54, 1.807) is 18.2 Å². The molecule has 1 aromatic rings. The molecule has 1 atom stereocenters. The molecule has 22 heavy (non-hydrogen) atoms. The van der Waals surface area contributed by atoms with Gasteiger partial charge in [-0.05, 0) is 40.4 Å². The smallest absolute Gasteiger partial charge is 0.229 e. The normalized spacial score (nSPS) is 21.6. The largest absolute Gasteiger partial charge is 0.244 e. The first-order valence-electron chi connectivity index (χ1n) is 7.10. The number of hydrogen-bond donors (Lipinski definition) is 0. The van der Waals surface area contributed by atoms with E-state index in [1.165, 1.54) is 10.4 Å². The molecule has 1 heterocycles. The molecule has 2 rings (SSSR count). The molecule has 0 aromatic heterocycles. The van der Waals surface area contributed by atoms with Gasteiger partial charge in [0, 0.05) is 17.1 Å². The number of nitrogens with zero attached hydrogens (tertiary/aromatic N) is 1. The molecule has 124 valence electrons. The lowest BCUT2D eigenvalue weighted by atomic mass is 10.2. The molecule has 1 aromatic carbocycles. The van der Waals surface area contributed by atoms with Crippen molar-refractivity contribution in [2.24, 2.45) is 5.92 Å². The second-order valence-corrected chi connectivity index (χ2v) is 10.9. The van der Waals surface area contributed by atoms with E-state index in [1.807, 2.05) is 13.8 Å². The van der Waals surface area contributed by atoms with Gasteiger partial charge < -0.3 is 0 Å². The molecule has 0 spiro atoms. The van der Waals surface area contributed by atoms with Gasteiger partial charge in [-0.1, -0.05) is 26.0 Å². The van der Waals surface area contributed by atoms with Gasteiger partial charge >= 0.3 is 0 Å². The summed E-state index contributed by atoms with van der Waals surface area (Å²) in [6.45, 7) is 4.15. The van der Waals surface area contributed by atoms with Gasteiger partial charge in [-0.15, -0.1) is 0 Å². The van der Waals surface area contributed by atoms with Crippen LogP contribution in [0.25, 0.3) is 0 Å². The Balaban J connectivity index is 2.43. The van der Waals surface area contributed by atoms with E-state index < -0.39 is 25.9 Å². The lowest BCUT2D eigenvalue weighted by Crippen LogP contribution is -2.43. The number of sulfone groups is 1. The minimum Gasteiger partial charge on any atom is -0.229 e. The summed E-state index contributed by atoms with van der Waals surface area (Å²) in [6, 6.07) is 6.14. The molecule has 0 saturated carbocycles. The van der Waals surface area contributed by atoms with E-state index in [0.29, 0.717) is 17.4 Å². The summed E-state index contributed by atoms with van der Waals surface area (Å²) in [5.41, 5.74) is 0. The van der Waals surface area contributed by atoms with E-state index >= 15 is 0 Å². The zero-order valence-electron chi connectivity index (χ0n) is 12.6. The second-order valence-electron chi connectivity index (χ2n) is 5.96. The Morgan fingerprint density at radius 1 is 1.32 bits per heavy atom. The second kappa shape index (κ2) is 6.59. The van der Waals surface area contributed by atoms with Crippen LogP contribution in [-0.4, -0.2) is 45.2 Å². The van der Waals surface area contributed by atoms with Crippen molar-refractivity contribution in [1.29, 1.82) is 0 Å². The van der Waals surface area contributed by atoms with Crippen molar-refractivity contribution in [3.8, 4) is 0 Å². The van der Waals surface area contributed by atoms with Gasteiger partial charge in [0.15, 0.2) is 9.84 Å². The molecule has 0 radical (unpaired) electrons. The number of benzene rings is 1. The summed E-state index contributed by atoms with van der Waals surface area (Å²) in [5, 5.41) is 0. The monoisotopic (exact) mass is 409 g/mol. The van der Waals surface area contributed by atoms with Crippen LogP contribution in [0.2, 0.25) is 0 Å². The molecule has 1 aliphatic heterocycles. The fourth-order valence-electron chi connectivity index (χ4n) is 2.59. The molecule has 5 nitrogen and oxygen atoms in total. The van der Waals surface area contributed by atoms with Crippen LogP contribution < -0.4 is 0 Å². The fourth-order valence-corrected chi connectivity index (χ4v) is 7.19. The van der Waals surface area contributed by atoms with Crippen molar-refractivity contribution >= 4 is 35.8 Å². The third-order valence-corrected chi connectivity index (χ3v) is 8.26. The van der Waals surface area contributed by atoms with Gasteiger partial charge in [0.05, 0.1) is 16.4 Å². The first kappa shape index (κ1) is 17.9. The molecule has 8 heteroatoms. The van der Waals surface area contributed by atoms with E-state index in [9.17, 15) is 16.8 Å². The minimum atomic E-state index is -3.74. The molecule has 1 aliphatic rings. The highest BCUT2D eigenvalue weighted by Gasteiger charge is 2.39. The highest BCUT2D eigenvalue weighted by Crippen LogP contribution is 2.29. The van der Waals surface area contributed by atoms with Crippen molar-refractivity contribution in [1.82, 2.24) is 4.31 Å². The minimum absolute atomic E-state index is 0.0533. The van der Waals surface area contributed by atoms with Crippen molar-refractivity contribution in [2.75, 3.05) is 18.1 Å². The fraction of sp³-hybridized carbons (Fsp3) is 0.571. The average molecular weight is 410 g/mol. The quantitative estimate of drug-likeness (QED) is 0.747. The van der Waals surface area contributed by atoms with E-state index in [-0.39, 0.29) is 22.3 Å². The van der Waals surface area contributed by atoms with Crippen LogP contribution in [-0.2, 0) is 19.9 Å². The third kappa shape index (κ3) is 3.90. The Hall–Kier alpha value is -0.440. The summed E-state index contributed by atoms with van der Waals surface area (Å²) in [7, 11) is -6.89. The Morgan fingerprint density at radius 2 is 1.95 bits per heavy atom. The van der Waals surface area contributed by atoms with Crippen molar-refractivity contribution in [3.05, 3.63) is 28.7 Å². The van der Waals surface area contributed by atoms with E-state index in [4.69, 9.17) is 0 Å². The molecule has 0 aliphatic carbocycles. The molecule has 0 bridgehead atoms. The summed E-state index contributed by atoms with van der Waals surface area (Å²) in [4.78, 5) is 0.181. The number of rotatable bonds is 5. The van der Waals surface area contributed by atoms with E-state index in [0.717, 1.165) is 0 Å². The predicted molar refractivity (Wildman–Crippen MR) is 89.9 cm³/mol. The van der Waals surface area contributed by atoms with Crippen LogP contribution in [0.1, 0.15) is 20.3 Å². The van der Waals surface area contributed by atoms with Crippen LogP contribution in [0.3, 0.4) is 0 Å². The summed E-state index contributed by atoms with van der Waals surface area (Å²) < 4.78 is 51.3. The SMILES string of the molecule is CC(C)CN([C@H]1CCS(=O)(=O)C1)S(=O)(=O)c1ccccc1Br. The number of hydrogen-bond acceptors (Lipinski definition) is 4. The molecular formula is C14H20BrNO4S2. The Labute approximate surface area is 140 Å². The van der Waals surface area contributed by atoms with Gasteiger partial charge in [0.25, 0.3) is 0 Å². The highest BCUT2D eigenvalue weighted by molar-refractivity contribution is 9.10. The van der Waals surface area contributed by atoms with Crippen molar-refractivity contribution < 1.29 is 16.8 Å². The summed E-state index contributed by atoms with van der Waals surface area (Å²) in [6.07, 6.45) is 0.360. The molecule has 0 unspecified atom stereocenters. The van der Waals surface area contributed by atoms with Crippen LogP contribution in [0.4, 0.5) is 0 Å². The van der Waals surface area contributed by atoms with Crippen LogP contribution in [0.15, 0.2) is 33.6 Å². The predicted octanol–water partition coefficient (Wildman–Crippen LogP) is 2.28. The van der Waals surface area contributed by atoms with Gasteiger partial charge in [-0.2, -0.15) is 4.31 Å². The zero-order valence-corrected chi connectivity index (χ0v) is 15.8. The van der Waals surface area contributed by atoms with Crippen molar-refractivity contribution in [2.45, 2.75) is 31.2 Å². The van der Waals surface area contributed by atoms with Gasteiger partial charge in [0.2, 0.25) is 10.0 Å². The summed E-state index contributed by atoms with van der Waals surface area (Å²) in [5.74, 6) is 0.0711. The first-order chi connectivity index (χ1) is 10.1. The number of sulfonamides is 1. The lowest BCUT2D eigenvalue weighted by Gasteiger charge is -2.29. The van der Waals surface area contributed by atoms with Crippen LogP contribution >= 0.6 is 15.9 Å². The Kier molecular flexibility index (Phi) is 5.36. The first-order valence-corrected chi connectivity index (χ1v) is 11.2.